The fraction of sp³-hybridized carbons (Fsp3) is 0.231. The number of carbonyl (C=O) groups excluding carboxylic acids is 1. The van der Waals surface area contributed by atoms with E-state index >= 15 is 0 Å². The van der Waals surface area contributed by atoms with Crippen molar-refractivity contribution in [2.45, 2.75) is 6.92 Å². The van der Waals surface area contributed by atoms with Gasteiger partial charge in [-0.2, -0.15) is 5.26 Å². The molecule has 0 amide bonds. The highest BCUT2D eigenvalue weighted by Gasteiger charge is 2.19. The Morgan fingerprint density at radius 3 is 2.90 bits per heavy atom. The molecule has 2 aromatic rings. The fourth-order valence-electron chi connectivity index (χ4n) is 1.55. The number of esters is 1. The molecular weight excluding hydrogens is 262 g/mol. The lowest BCUT2D eigenvalue weighted by Gasteiger charge is -2.04. The molecule has 0 saturated carbocycles. The Morgan fingerprint density at radius 1 is 1.45 bits per heavy atom. The van der Waals surface area contributed by atoms with Gasteiger partial charge in [0.25, 0.3) is 5.89 Å². The van der Waals surface area contributed by atoms with Gasteiger partial charge in [-0.15, -0.1) is 10.2 Å². The Kier molecular flexibility index (Phi) is 3.96. The number of hydrogen-bond donors (Lipinski definition) is 0. The van der Waals surface area contributed by atoms with Gasteiger partial charge in [0.15, 0.2) is 0 Å². The van der Waals surface area contributed by atoms with E-state index in [2.05, 4.69) is 10.2 Å². The molecule has 0 unspecified atom stereocenters. The number of rotatable bonds is 4. The molecule has 0 fully saturated rings. The highest BCUT2D eigenvalue weighted by molar-refractivity contribution is 5.84. The van der Waals surface area contributed by atoms with Gasteiger partial charge in [-0.05, 0) is 25.1 Å². The fourth-order valence-corrected chi connectivity index (χ4v) is 1.55. The molecule has 2 rings (SSSR count). The van der Waals surface area contributed by atoms with Gasteiger partial charge in [-0.1, -0.05) is 0 Å². The van der Waals surface area contributed by atoms with Crippen LogP contribution in [0.25, 0.3) is 11.5 Å². The van der Waals surface area contributed by atoms with Gasteiger partial charge < -0.3 is 13.9 Å². The minimum atomic E-state index is -0.693. The average Bonchev–Trinajstić information content (AvgIpc) is 2.96. The highest BCUT2D eigenvalue weighted by Crippen LogP contribution is 2.29. The molecule has 0 aliphatic carbocycles. The summed E-state index contributed by atoms with van der Waals surface area (Å²) >= 11 is 0. The molecule has 0 radical (unpaired) electrons. The van der Waals surface area contributed by atoms with Crippen molar-refractivity contribution in [3.63, 3.8) is 0 Å². The second-order valence-electron chi connectivity index (χ2n) is 3.66. The summed E-state index contributed by atoms with van der Waals surface area (Å²) in [5.74, 6) is -0.391. The van der Waals surface area contributed by atoms with Crippen LogP contribution in [0, 0.1) is 11.3 Å². The van der Waals surface area contributed by atoms with Crippen LogP contribution in [0.4, 0.5) is 0 Å². The summed E-state index contributed by atoms with van der Waals surface area (Å²) in [5.41, 5.74) is 0.853. The Morgan fingerprint density at radius 2 is 2.25 bits per heavy atom. The van der Waals surface area contributed by atoms with E-state index in [0.717, 1.165) is 0 Å². The van der Waals surface area contributed by atoms with Gasteiger partial charge in [-0.3, -0.25) is 0 Å². The van der Waals surface area contributed by atoms with Crippen LogP contribution in [0.3, 0.4) is 0 Å². The maximum absolute atomic E-state index is 11.5. The molecule has 7 heteroatoms. The van der Waals surface area contributed by atoms with Gasteiger partial charge in [0.2, 0.25) is 0 Å². The zero-order valence-electron chi connectivity index (χ0n) is 10.9. The van der Waals surface area contributed by atoms with Crippen molar-refractivity contribution in [2.24, 2.45) is 0 Å². The molecule has 0 aliphatic heterocycles. The van der Waals surface area contributed by atoms with Crippen molar-refractivity contribution >= 4 is 5.97 Å². The van der Waals surface area contributed by atoms with E-state index in [9.17, 15) is 4.79 Å². The van der Waals surface area contributed by atoms with Crippen LogP contribution in [-0.4, -0.2) is 29.9 Å². The molecule has 0 bridgehead atoms. The number of aromatic nitrogens is 2. The Labute approximate surface area is 114 Å². The van der Waals surface area contributed by atoms with Crippen LogP contribution in [0.5, 0.6) is 5.75 Å². The van der Waals surface area contributed by atoms with Crippen molar-refractivity contribution in [3.8, 4) is 23.3 Å². The minimum Gasteiger partial charge on any atom is -0.496 e. The molecule has 1 aromatic carbocycles. The normalized spacial score (nSPS) is 9.85. The zero-order chi connectivity index (χ0) is 14.5. The van der Waals surface area contributed by atoms with E-state index in [-0.39, 0.29) is 18.4 Å². The molecule has 20 heavy (non-hydrogen) atoms. The van der Waals surface area contributed by atoms with Crippen LogP contribution >= 0.6 is 0 Å². The molecule has 0 saturated heterocycles. The van der Waals surface area contributed by atoms with Crippen molar-refractivity contribution in [3.05, 3.63) is 29.7 Å². The lowest BCUT2D eigenvalue weighted by molar-refractivity contribution is 0.0481. The number of ether oxygens (including phenoxy) is 2. The highest BCUT2D eigenvalue weighted by atomic mass is 16.5. The first-order chi connectivity index (χ1) is 9.69. The maximum atomic E-state index is 11.5. The van der Waals surface area contributed by atoms with E-state index in [1.165, 1.54) is 7.11 Å². The van der Waals surface area contributed by atoms with Crippen LogP contribution in [0.2, 0.25) is 0 Å². The molecule has 1 heterocycles. The van der Waals surface area contributed by atoms with Crippen molar-refractivity contribution in [1.29, 1.82) is 5.26 Å². The van der Waals surface area contributed by atoms with Crippen LogP contribution < -0.4 is 4.74 Å². The molecule has 0 aliphatic rings. The number of hydrogen-bond acceptors (Lipinski definition) is 7. The Bertz CT molecular complexity index is 672. The second kappa shape index (κ2) is 5.84. The summed E-state index contributed by atoms with van der Waals surface area (Å²) in [4.78, 5) is 11.5. The summed E-state index contributed by atoms with van der Waals surface area (Å²) in [5, 5.41) is 16.3. The number of nitrogens with zero attached hydrogens (tertiary/aromatic N) is 3. The number of nitriles is 1. The van der Waals surface area contributed by atoms with Crippen LogP contribution in [-0.2, 0) is 4.74 Å². The number of methoxy groups -OCH3 is 1. The van der Waals surface area contributed by atoms with Crippen molar-refractivity contribution in [2.75, 3.05) is 13.7 Å². The minimum absolute atomic E-state index is 0.0852. The SMILES string of the molecule is CCOC(=O)c1nnc(-c2cc(C#N)ccc2OC)o1. The van der Waals surface area contributed by atoms with Gasteiger partial charge in [-0.25, -0.2) is 4.79 Å². The van der Waals surface area contributed by atoms with Gasteiger partial charge in [0.1, 0.15) is 5.75 Å². The third kappa shape index (κ3) is 2.59. The number of carbonyl (C=O) groups is 1. The van der Waals surface area contributed by atoms with E-state index in [0.29, 0.717) is 16.9 Å². The smallest absolute Gasteiger partial charge is 0.396 e. The largest absolute Gasteiger partial charge is 0.496 e. The summed E-state index contributed by atoms with van der Waals surface area (Å²) in [6.45, 7) is 1.89. The maximum Gasteiger partial charge on any atom is 0.396 e. The lowest BCUT2D eigenvalue weighted by atomic mass is 10.1. The van der Waals surface area contributed by atoms with Crippen LogP contribution in [0.15, 0.2) is 22.6 Å². The first-order valence-corrected chi connectivity index (χ1v) is 5.78. The molecule has 0 spiro atoms. The predicted molar refractivity (Wildman–Crippen MR) is 67.0 cm³/mol. The first-order valence-electron chi connectivity index (χ1n) is 5.78. The monoisotopic (exact) mass is 273 g/mol. The first kappa shape index (κ1) is 13.5. The van der Waals surface area contributed by atoms with Gasteiger partial charge in [0, 0.05) is 0 Å². The average molecular weight is 273 g/mol. The zero-order valence-corrected chi connectivity index (χ0v) is 10.9. The van der Waals surface area contributed by atoms with E-state index < -0.39 is 5.97 Å². The molecule has 0 N–H and O–H groups in total. The quantitative estimate of drug-likeness (QED) is 0.783. The van der Waals surface area contributed by atoms with E-state index in [1.54, 1.807) is 25.1 Å². The summed E-state index contributed by atoms with van der Waals surface area (Å²) in [6.07, 6.45) is 0. The third-order valence-electron chi connectivity index (χ3n) is 2.43. The summed E-state index contributed by atoms with van der Waals surface area (Å²) < 4.78 is 15.2. The second-order valence-corrected chi connectivity index (χ2v) is 3.66. The Balaban J connectivity index is 2.41. The van der Waals surface area contributed by atoms with E-state index in [4.69, 9.17) is 19.2 Å². The topological polar surface area (TPSA) is 98.2 Å². The van der Waals surface area contributed by atoms with Crippen molar-refractivity contribution in [1.82, 2.24) is 10.2 Å². The van der Waals surface area contributed by atoms with Crippen molar-refractivity contribution < 1.29 is 18.7 Å². The summed E-state index contributed by atoms with van der Waals surface area (Å²) in [7, 11) is 1.48. The molecule has 0 atom stereocenters. The lowest BCUT2D eigenvalue weighted by Crippen LogP contribution is -2.04. The number of benzene rings is 1. The van der Waals surface area contributed by atoms with Gasteiger partial charge in [0.05, 0.1) is 30.9 Å². The molecular formula is C13H11N3O4. The van der Waals surface area contributed by atoms with E-state index in [1.807, 2.05) is 6.07 Å². The Hall–Kier alpha value is -2.88. The van der Waals surface area contributed by atoms with Gasteiger partial charge >= 0.3 is 11.9 Å². The summed E-state index contributed by atoms with van der Waals surface area (Å²) in [6, 6.07) is 6.76. The molecule has 1 aromatic heterocycles. The standard InChI is InChI=1S/C13H11N3O4/c1-3-19-13(17)12-16-15-11(20-12)9-6-8(7-14)4-5-10(9)18-2/h4-6H,3H2,1-2H3. The van der Waals surface area contributed by atoms with Crippen LogP contribution in [0.1, 0.15) is 23.2 Å². The predicted octanol–water partition coefficient (Wildman–Crippen LogP) is 1.79. The third-order valence-corrected chi connectivity index (χ3v) is 2.43. The molecule has 102 valence electrons. The molecule has 7 nitrogen and oxygen atoms in total.